The molecule has 138 valence electrons. The van der Waals surface area contributed by atoms with Crippen LogP contribution in [0.4, 0.5) is 4.39 Å². The first-order valence-electron chi connectivity index (χ1n) is 8.62. The van der Waals surface area contributed by atoms with Crippen LogP contribution in [0.3, 0.4) is 0 Å². The van der Waals surface area contributed by atoms with Gasteiger partial charge in [-0.3, -0.25) is 9.69 Å². The molecule has 3 rings (SSSR count). The minimum absolute atomic E-state index is 0.0424. The van der Waals surface area contributed by atoms with Crippen LogP contribution in [0.15, 0.2) is 35.7 Å². The number of ether oxygens (including phenoxy) is 1. The number of rotatable bonds is 5. The van der Waals surface area contributed by atoms with Crippen LogP contribution >= 0.6 is 11.3 Å². The van der Waals surface area contributed by atoms with E-state index in [2.05, 4.69) is 4.90 Å². The summed E-state index contributed by atoms with van der Waals surface area (Å²) in [7, 11) is 1.59. The normalized spacial score (nSPS) is 15.6. The predicted molar refractivity (Wildman–Crippen MR) is 103 cm³/mol. The smallest absolute Gasteiger partial charge is 0.246 e. The first-order valence-corrected chi connectivity index (χ1v) is 9.50. The quantitative estimate of drug-likeness (QED) is 0.750. The maximum Gasteiger partial charge on any atom is 0.246 e. The van der Waals surface area contributed by atoms with E-state index in [0.717, 1.165) is 23.5 Å². The predicted octanol–water partition coefficient (Wildman–Crippen LogP) is 3.56. The van der Waals surface area contributed by atoms with Crippen LogP contribution in [0.5, 0.6) is 5.75 Å². The molecule has 0 N–H and O–H groups in total. The number of nitrogens with zero attached hydrogens (tertiary/aromatic N) is 2. The zero-order valence-corrected chi connectivity index (χ0v) is 15.9. The number of aryl methyl sites for hydroxylation is 1. The van der Waals surface area contributed by atoms with Crippen molar-refractivity contribution in [2.24, 2.45) is 0 Å². The van der Waals surface area contributed by atoms with Crippen LogP contribution in [0.1, 0.15) is 16.0 Å². The molecular weight excluding hydrogens is 351 g/mol. The van der Waals surface area contributed by atoms with Gasteiger partial charge >= 0.3 is 0 Å². The van der Waals surface area contributed by atoms with Gasteiger partial charge in [0.15, 0.2) is 0 Å². The standard InChI is InChI=1S/C20H23FN2O2S/c1-15-7-12-26-19(15)5-6-20(24)23-10-8-22(9-11-23)14-16-13-17(21)3-4-18(16)25-2/h3-7,12-13H,8-11,14H2,1-2H3/b6-5+. The van der Waals surface area contributed by atoms with Gasteiger partial charge in [-0.2, -0.15) is 0 Å². The highest BCUT2D eigenvalue weighted by Gasteiger charge is 2.20. The molecule has 1 saturated heterocycles. The van der Waals surface area contributed by atoms with Gasteiger partial charge in [0.1, 0.15) is 11.6 Å². The molecule has 1 aromatic carbocycles. The second-order valence-electron chi connectivity index (χ2n) is 6.36. The maximum atomic E-state index is 13.5. The van der Waals surface area contributed by atoms with Crippen LogP contribution in [0.2, 0.25) is 0 Å². The molecule has 2 heterocycles. The largest absolute Gasteiger partial charge is 0.496 e. The molecule has 26 heavy (non-hydrogen) atoms. The lowest BCUT2D eigenvalue weighted by Gasteiger charge is -2.34. The summed E-state index contributed by atoms with van der Waals surface area (Å²) in [6.07, 6.45) is 3.55. The molecule has 0 radical (unpaired) electrons. The van der Waals surface area contributed by atoms with Gasteiger partial charge in [0.25, 0.3) is 0 Å². The Balaban J connectivity index is 1.54. The average molecular weight is 374 g/mol. The van der Waals surface area contributed by atoms with E-state index in [1.807, 2.05) is 29.3 Å². The molecule has 0 unspecified atom stereocenters. The van der Waals surface area contributed by atoms with Gasteiger partial charge in [0.05, 0.1) is 7.11 Å². The van der Waals surface area contributed by atoms with E-state index >= 15 is 0 Å². The number of thiophene rings is 1. The number of benzene rings is 1. The third-order valence-electron chi connectivity index (χ3n) is 4.60. The lowest BCUT2D eigenvalue weighted by Crippen LogP contribution is -2.47. The van der Waals surface area contributed by atoms with E-state index in [0.29, 0.717) is 25.4 Å². The third-order valence-corrected chi connectivity index (χ3v) is 5.58. The summed E-state index contributed by atoms with van der Waals surface area (Å²) in [4.78, 5) is 17.6. The van der Waals surface area contributed by atoms with E-state index in [9.17, 15) is 9.18 Å². The van der Waals surface area contributed by atoms with Crippen LogP contribution in [0, 0.1) is 12.7 Å². The van der Waals surface area contributed by atoms with Gasteiger partial charge in [-0.15, -0.1) is 11.3 Å². The summed E-state index contributed by atoms with van der Waals surface area (Å²) in [6, 6.07) is 6.62. The van der Waals surface area contributed by atoms with Gasteiger partial charge in [0, 0.05) is 49.2 Å². The fraction of sp³-hybridized carbons (Fsp3) is 0.350. The lowest BCUT2D eigenvalue weighted by molar-refractivity contribution is -0.127. The van der Waals surface area contributed by atoms with E-state index in [4.69, 9.17) is 4.74 Å². The molecule has 0 atom stereocenters. The van der Waals surface area contributed by atoms with Gasteiger partial charge in [0.2, 0.25) is 5.91 Å². The maximum absolute atomic E-state index is 13.5. The monoisotopic (exact) mass is 374 g/mol. The van der Waals surface area contributed by atoms with Gasteiger partial charge < -0.3 is 9.64 Å². The molecule has 0 bridgehead atoms. The Morgan fingerprint density at radius 2 is 2.04 bits per heavy atom. The van der Waals surface area contributed by atoms with Crippen molar-refractivity contribution >= 4 is 23.3 Å². The summed E-state index contributed by atoms with van der Waals surface area (Å²) >= 11 is 1.64. The number of hydrogen-bond donors (Lipinski definition) is 0. The third kappa shape index (κ3) is 4.51. The Labute approximate surface area is 157 Å². The van der Waals surface area contributed by atoms with Crippen LogP contribution in [-0.4, -0.2) is 49.0 Å². The Kier molecular flexibility index (Phi) is 6.06. The first-order chi connectivity index (χ1) is 12.6. The topological polar surface area (TPSA) is 32.8 Å². The lowest BCUT2D eigenvalue weighted by atomic mass is 10.1. The van der Waals surface area contributed by atoms with Crippen molar-refractivity contribution in [3.05, 3.63) is 57.5 Å². The molecule has 1 fully saturated rings. The van der Waals surface area contributed by atoms with Crippen molar-refractivity contribution in [1.29, 1.82) is 0 Å². The minimum Gasteiger partial charge on any atom is -0.496 e. The number of halogens is 1. The molecule has 4 nitrogen and oxygen atoms in total. The summed E-state index contributed by atoms with van der Waals surface area (Å²) in [6.45, 7) is 5.52. The fourth-order valence-electron chi connectivity index (χ4n) is 3.05. The van der Waals surface area contributed by atoms with Gasteiger partial charge in [-0.25, -0.2) is 4.39 Å². The van der Waals surface area contributed by atoms with Crippen LogP contribution in [0.25, 0.3) is 6.08 Å². The Morgan fingerprint density at radius 1 is 1.27 bits per heavy atom. The zero-order valence-electron chi connectivity index (χ0n) is 15.1. The summed E-state index contributed by atoms with van der Waals surface area (Å²) in [5, 5.41) is 2.03. The van der Waals surface area contributed by atoms with Crippen molar-refractivity contribution in [2.75, 3.05) is 33.3 Å². The molecule has 6 heteroatoms. The Bertz CT molecular complexity index is 795. The molecule has 1 amide bonds. The number of carbonyl (C=O) groups excluding carboxylic acids is 1. The van der Waals surface area contributed by atoms with Crippen molar-refractivity contribution in [2.45, 2.75) is 13.5 Å². The van der Waals surface area contributed by atoms with Gasteiger partial charge in [-0.1, -0.05) is 0 Å². The van der Waals surface area contributed by atoms with Crippen molar-refractivity contribution in [3.8, 4) is 5.75 Å². The average Bonchev–Trinajstić information content (AvgIpc) is 3.05. The second kappa shape index (κ2) is 8.47. The molecule has 1 aliphatic heterocycles. The minimum atomic E-state index is -0.261. The fourth-order valence-corrected chi connectivity index (χ4v) is 3.86. The van der Waals surface area contributed by atoms with E-state index in [-0.39, 0.29) is 11.7 Å². The highest BCUT2D eigenvalue weighted by molar-refractivity contribution is 7.11. The van der Waals surface area contributed by atoms with E-state index < -0.39 is 0 Å². The highest BCUT2D eigenvalue weighted by Crippen LogP contribution is 2.22. The molecule has 0 aliphatic carbocycles. The number of piperazine rings is 1. The molecule has 2 aromatic rings. The number of methoxy groups -OCH3 is 1. The number of hydrogen-bond acceptors (Lipinski definition) is 4. The summed E-state index contributed by atoms with van der Waals surface area (Å²) in [5.41, 5.74) is 2.02. The molecule has 1 aliphatic rings. The summed E-state index contributed by atoms with van der Waals surface area (Å²) in [5.74, 6) is 0.476. The summed E-state index contributed by atoms with van der Waals surface area (Å²) < 4.78 is 18.8. The molecular formula is C20H23FN2O2S. The number of carbonyl (C=O) groups is 1. The highest BCUT2D eigenvalue weighted by atomic mass is 32.1. The Hall–Kier alpha value is -2.18. The van der Waals surface area contributed by atoms with Gasteiger partial charge in [-0.05, 0) is 48.2 Å². The Morgan fingerprint density at radius 3 is 2.69 bits per heavy atom. The molecule has 0 saturated carbocycles. The van der Waals surface area contributed by atoms with Crippen LogP contribution in [-0.2, 0) is 11.3 Å². The molecule has 0 spiro atoms. The molecule has 1 aromatic heterocycles. The first kappa shape index (κ1) is 18.6. The SMILES string of the molecule is COc1ccc(F)cc1CN1CCN(C(=O)/C=C/c2sccc2C)CC1. The van der Waals surface area contributed by atoms with Crippen molar-refractivity contribution in [1.82, 2.24) is 9.80 Å². The number of amides is 1. The van der Waals surface area contributed by atoms with E-state index in [1.54, 1.807) is 30.6 Å². The second-order valence-corrected chi connectivity index (χ2v) is 7.31. The zero-order chi connectivity index (χ0) is 18.5. The van der Waals surface area contributed by atoms with E-state index in [1.165, 1.54) is 17.7 Å². The van der Waals surface area contributed by atoms with Crippen LogP contribution < -0.4 is 4.74 Å². The van der Waals surface area contributed by atoms with Crippen molar-refractivity contribution in [3.63, 3.8) is 0 Å². The van der Waals surface area contributed by atoms with Crippen molar-refractivity contribution < 1.29 is 13.9 Å².